The van der Waals surface area contributed by atoms with E-state index in [2.05, 4.69) is 0 Å². The molecule has 4 rings (SSSR count). The van der Waals surface area contributed by atoms with Gasteiger partial charge in [0.05, 0.1) is 11.0 Å². The molecule has 1 saturated heterocycles. The third-order valence-corrected chi connectivity index (χ3v) is 8.81. The summed E-state index contributed by atoms with van der Waals surface area (Å²) in [6.45, 7) is 6.44. The molecular weight excluding hydrogens is 560 g/mol. The molecule has 14 heteroatoms. The van der Waals surface area contributed by atoms with Crippen LogP contribution in [0, 0.1) is 24.0 Å². The van der Waals surface area contributed by atoms with Crippen LogP contribution in [0.3, 0.4) is 0 Å². The quantitative estimate of drug-likeness (QED) is 0.201. The summed E-state index contributed by atoms with van der Waals surface area (Å²) in [6, 6.07) is 7.26. The summed E-state index contributed by atoms with van der Waals surface area (Å²) in [5.41, 5.74) is 2.16. The number of hydrogen-bond acceptors (Lipinski definition) is 11. The minimum absolute atomic E-state index is 0.240. The van der Waals surface area contributed by atoms with E-state index in [4.69, 9.17) is 18.9 Å². The fourth-order valence-electron chi connectivity index (χ4n) is 5.55. The maximum absolute atomic E-state index is 14.3. The van der Waals surface area contributed by atoms with Crippen molar-refractivity contribution in [2.45, 2.75) is 76.5 Å². The van der Waals surface area contributed by atoms with Gasteiger partial charge in [-0.2, -0.15) is 4.31 Å². The van der Waals surface area contributed by atoms with Gasteiger partial charge in [0.2, 0.25) is 0 Å². The van der Waals surface area contributed by atoms with Gasteiger partial charge in [0, 0.05) is 33.4 Å². The third kappa shape index (κ3) is 5.94. The number of nitro benzene ring substituents is 1. The molecule has 0 aliphatic carbocycles. The molecule has 0 aromatic heterocycles. The lowest BCUT2D eigenvalue weighted by molar-refractivity contribution is -0.387. The molecule has 0 bridgehead atoms. The molecule has 2 aromatic rings. The number of carbonyl (C=O) groups is 3. The predicted molar refractivity (Wildman–Crippen MR) is 141 cm³/mol. The number of carbonyl (C=O) groups excluding carboxylic acids is 3. The first kappa shape index (κ1) is 30.1. The van der Waals surface area contributed by atoms with E-state index in [-0.39, 0.29) is 13.2 Å². The number of para-hydroxylation sites is 1. The molecule has 0 amide bonds. The Balaban J connectivity index is 1.98. The number of sulfonamides is 1. The first-order valence-electron chi connectivity index (χ1n) is 12.7. The van der Waals surface area contributed by atoms with Crippen molar-refractivity contribution in [3.63, 3.8) is 0 Å². The van der Waals surface area contributed by atoms with E-state index in [0.29, 0.717) is 11.1 Å². The molecule has 0 saturated carbocycles. The average Bonchev–Trinajstić information content (AvgIpc) is 2.87. The zero-order valence-corrected chi connectivity index (χ0v) is 23.9. The Labute approximate surface area is 236 Å². The Morgan fingerprint density at radius 3 is 2.27 bits per heavy atom. The molecule has 0 N–H and O–H groups in total. The van der Waals surface area contributed by atoms with Crippen LogP contribution >= 0.6 is 0 Å². The summed E-state index contributed by atoms with van der Waals surface area (Å²) < 4.78 is 52.2. The number of hydrogen-bond donors (Lipinski definition) is 0. The van der Waals surface area contributed by atoms with Crippen molar-refractivity contribution >= 4 is 33.6 Å². The molecule has 13 nitrogen and oxygen atoms in total. The highest BCUT2D eigenvalue weighted by molar-refractivity contribution is 7.89. The Kier molecular flexibility index (Phi) is 8.47. The number of rotatable bonds is 7. The number of nitrogens with zero attached hydrogens (tertiary/aromatic N) is 2. The summed E-state index contributed by atoms with van der Waals surface area (Å²) in [5, 5.41) is 11.8. The lowest BCUT2D eigenvalue weighted by Crippen LogP contribution is -2.65. The fraction of sp³-hybridized carbons (Fsp3) is 0.444. The molecular formula is C27H30N2O11S. The molecule has 0 spiro atoms. The van der Waals surface area contributed by atoms with Crippen molar-refractivity contribution in [2.75, 3.05) is 6.61 Å². The standard InChI is InChI=1S/C27H30N2O11S/c1-14-10-15(2)23-19(11-14)12-28(41(35,36)22-9-7-6-8-20(22)29(33)34)24-26(23)40-21(13-37-16(3)30)25(38-17(4)31)27(24)39-18(5)32/h6-11,21,24-27H,12-13H2,1-5H3/t21-,24+,25-,26-,27-/m1/s1. The monoisotopic (exact) mass is 590 g/mol. The van der Waals surface area contributed by atoms with Crippen LogP contribution in [0.25, 0.3) is 0 Å². The van der Waals surface area contributed by atoms with Crippen LogP contribution in [-0.4, -0.2) is 66.5 Å². The third-order valence-electron chi connectivity index (χ3n) is 6.92. The molecule has 2 aromatic carbocycles. The number of aryl methyl sites for hydroxylation is 2. The number of esters is 3. The van der Waals surface area contributed by atoms with E-state index in [9.17, 15) is 32.9 Å². The van der Waals surface area contributed by atoms with Gasteiger partial charge in [-0.05, 0) is 36.6 Å². The zero-order valence-electron chi connectivity index (χ0n) is 23.1. The normalized spacial score (nSPS) is 24.0. The molecule has 220 valence electrons. The van der Waals surface area contributed by atoms with Crippen molar-refractivity contribution < 1.29 is 46.7 Å². The van der Waals surface area contributed by atoms with Crippen LogP contribution in [-0.2, 0) is 49.9 Å². The van der Waals surface area contributed by atoms with Gasteiger partial charge in [-0.3, -0.25) is 24.5 Å². The van der Waals surface area contributed by atoms with Crippen molar-refractivity contribution in [2.24, 2.45) is 0 Å². The van der Waals surface area contributed by atoms with Crippen molar-refractivity contribution in [3.05, 3.63) is 68.8 Å². The number of benzene rings is 2. The molecule has 2 aliphatic heterocycles. The van der Waals surface area contributed by atoms with Gasteiger partial charge < -0.3 is 18.9 Å². The second-order valence-electron chi connectivity index (χ2n) is 9.97. The predicted octanol–water partition coefficient (Wildman–Crippen LogP) is 2.65. The molecule has 1 fully saturated rings. The highest BCUT2D eigenvalue weighted by Crippen LogP contribution is 2.47. The van der Waals surface area contributed by atoms with Crippen LogP contribution in [0.4, 0.5) is 5.69 Å². The van der Waals surface area contributed by atoms with Crippen molar-refractivity contribution in [1.82, 2.24) is 4.31 Å². The lowest BCUT2D eigenvalue weighted by atomic mass is 9.81. The maximum Gasteiger partial charge on any atom is 0.303 e. The number of fused-ring (bicyclic) bond motifs is 3. The van der Waals surface area contributed by atoms with E-state index >= 15 is 0 Å². The Hall–Kier alpha value is -3.88. The van der Waals surface area contributed by atoms with Crippen LogP contribution in [0.1, 0.15) is 49.1 Å². The summed E-state index contributed by atoms with van der Waals surface area (Å²) >= 11 is 0. The number of ether oxygens (including phenoxy) is 4. The maximum atomic E-state index is 14.3. The van der Waals surface area contributed by atoms with Crippen molar-refractivity contribution in [1.29, 1.82) is 0 Å². The van der Waals surface area contributed by atoms with Gasteiger partial charge in [0.15, 0.2) is 17.1 Å². The largest absolute Gasteiger partial charge is 0.463 e. The molecule has 2 aliphatic rings. The molecule has 0 radical (unpaired) electrons. The van der Waals surface area contributed by atoms with Crippen LogP contribution in [0.2, 0.25) is 0 Å². The fourth-order valence-corrected chi connectivity index (χ4v) is 7.32. The smallest absolute Gasteiger partial charge is 0.303 e. The molecule has 0 unspecified atom stereocenters. The van der Waals surface area contributed by atoms with Gasteiger partial charge >= 0.3 is 17.9 Å². The van der Waals surface area contributed by atoms with E-state index < -0.39 is 73.9 Å². The minimum atomic E-state index is -4.65. The van der Waals surface area contributed by atoms with Crippen LogP contribution in [0.15, 0.2) is 41.3 Å². The van der Waals surface area contributed by atoms with Gasteiger partial charge in [-0.25, -0.2) is 8.42 Å². The second kappa shape index (κ2) is 11.5. The van der Waals surface area contributed by atoms with Crippen LogP contribution in [0.5, 0.6) is 0 Å². The first-order chi connectivity index (χ1) is 19.2. The Morgan fingerprint density at radius 2 is 1.66 bits per heavy atom. The highest BCUT2D eigenvalue weighted by Gasteiger charge is 2.58. The zero-order chi connectivity index (χ0) is 30.2. The Morgan fingerprint density at radius 1 is 1.02 bits per heavy atom. The minimum Gasteiger partial charge on any atom is -0.463 e. The average molecular weight is 591 g/mol. The molecule has 41 heavy (non-hydrogen) atoms. The van der Waals surface area contributed by atoms with Crippen molar-refractivity contribution in [3.8, 4) is 0 Å². The lowest BCUT2D eigenvalue weighted by Gasteiger charge is -2.51. The Bertz CT molecular complexity index is 1510. The summed E-state index contributed by atoms with van der Waals surface area (Å²) in [6.07, 6.45) is -5.04. The highest BCUT2D eigenvalue weighted by atomic mass is 32.2. The van der Waals surface area contributed by atoms with Gasteiger partial charge in [0.25, 0.3) is 15.7 Å². The van der Waals surface area contributed by atoms with E-state index in [1.165, 1.54) is 19.1 Å². The molecule has 5 atom stereocenters. The molecule has 2 heterocycles. The second-order valence-corrected chi connectivity index (χ2v) is 11.8. The first-order valence-corrected chi connectivity index (χ1v) is 14.1. The van der Waals surface area contributed by atoms with Gasteiger partial charge in [-0.15, -0.1) is 0 Å². The number of nitro groups is 1. The topological polar surface area (TPSA) is 169 Å². The van der Waals surface area contributed by atoms with Gasteiger partial charge in [-0.1, -0.05) is 29.8 Å². The van der Waals surface area contributed by atoms with Gasteiger partial charge in [0.1, 0.15) is 18.8 Å². The van der Waals surface area contributed by atoms with Crippen LogP contribution < -0.4 is 0 Å². The summed E-state index contributed by atoms with van der Waals surface area (Å²) in [5.74, 6) is -2.22. The van der Waals surface area contributed by atoms with E-state index in [1.807, 2.05) is 19.9 Å². The van der Waals surface area contributed by atoms with E-state index in [0.717, 1.165) is 41.4 Å². The SMILES string of the molecule is CC(=O)OC[C@H]1O[C@@H]2c3c(C)cc(C)cc3CN(S(=O)(=O)c3ccccc3[N+](=O)[O-])[C@@H]2[C@@H](OC(C)=O)[C@@H]1OC(C)=O. The summed E-state index contributed by atoms with van der Waals surface area (Å²) in [4.78, 5) is 46.6. The van der Waals surface area contributed by atoms with E-state index in [1.54, 1.807) is 6.07 Å². The summed E-state index contributed by atoms with van der Waals surface area (Å²) in [7, 11) is -4.65.